The molecular weight excluding hydrogens is 238 g/mol. The summed E-state index contributed by atoms with van der Waals surface area (Å²) in [7, 11) is -3.63. The van der Waals surface area contributed by atoms with Crippen molar-refractivity contribution in [2.24, 2.45) is 11.5 Å². The van der Waals surface area contributed by atoms with E-state index in [1.165, 1.54) is 13.8 Å². The van der Waals surface area contributed by atoms with Crippen molar-refractivity contribution in [2.75, 3.05) is 0 Å². The van der Waals surface area contributed by atoms with Crippen molar-refractivity contribution in [1.29, 1.82) is 0 Å². The molecule has 15 heavy (non-hydrogen) atoms. The molecule has 5 N–H and O–H groups in total. The topological polar surface area (TPSA) is 115 Å². The van der Waals surface area contributed by atoms with Crippen LogP contribution in [0.25, 0.3) is 0 Å². The van der Waals surface area contributed by atoms with Crippen molar-refractivity contribution in [1.82, 2.24) is 4.72 Å². The minimum absolute atomic E-state index is 0.0662. The lowest BCUT2D eigenvalue weighted by Gasteiger charge is -2.16. The average Bonchev–Trinajstić information content (AvgIpc) is 1.99. The summed E-state index contributed by atoms with van der Waals surface area (Å²) in [6.45, 7) is 2.91. The van der Waals surface area contributed by atoms with Crippen LogP contribution in [-0.4, -0.2) is 30.6 Å². The summed E-state index contributed by atoms with van der Waals surface area (Å²) in [5, 5.41) is -0.970. The van der Waals surface area contributed by atoms with Crippen LogP contribution in [0.4, 0.5) is 0 Å². The Morgan fingerprint density at radius 2 is 1.87 bits per heavy atom. The molecule has 0 saturated heterocycles. The molecule has 88 valence electrons. The maximum absolute atomic E-state index is 11.5. The molecule has 0 saturated carbocycles. The van der Waals surface area contributed by atoms with Gasteiger partial charge in [-0.15, -0.1) is 0 Å². The molecule has 2 atom stereocenters. The van der Waals surface area contributed by atoms with E-state index < -0.39 is 27.2 Å². The van der Waals surface area contributed by atoms with Gasteiger partial charge in [0, 0.05) is 12.5 Å². The highest BCUT2D eigenvalue weighted by Crippen LogP contribution is 2.01. The summed E-state index contributed by atoms with van der Waals surface area (Å²) in [6, 6.07) is -0.565. The van der Waals surface area contributed by atoms with E-state index in [1.54, 1.807) is 0 Å². The molecule has 1 amide bonds. The fourth-order valence-electron chi connectivity index (χ4n) is 0.879. The summed E-state index contributed by atoms with van der Waals surface area (Å²) in [6.07, 6.45) is -0.0662. The van der Waals surface area contributed by atoms with E-state index >= 15 is 0 Å². The Morgan fingerprint density at radius 1 is 1.40 bits per heavy atom. The predicted octanol–water partition coefficient (Wildman–Crippen LogP) is -1.16. The molecule has 0 aromatic rings. The van der Waals surface area contributed by atoms with Gasteiger partial charge in [0.15, 0.2) is 0 Å². The third-order valence-corrected chi connectivity index (χ3v) is 4.16. The van der Waals surface area contributed by atoms with Crippen LogP contribution in [0.2, 0.25) is 0 Å². The van der Waals surface area contributed by atoms with Crippen LogP contribution in [-0.2, 0) is 14.8 Å². The lowest BCUT2D eigenvalue weighted by atomic mass is 10.2. The van der Waals surface area contributed by atoms with Gasteiger partial charge in [0.1, 0.15) is 5.25 Å². The van der Waals surface area contributed by atoms with E-state index in [9.17, 15) is 13.2 Å². The summed E-state index contributed by atoms with van der Waals surface area (Å²) >= 11 is 4.57. The maximum atomic E-state index is 11.5. The minimum atomic E-state index is -3.63. The Balaban J connectivity index is 4.51. The number of rotatable bonds is 6. The largest absolute Gasteiger partial charge is 0.392 e. The second-order valence-electron chi connectivity index (χ2n) is 3.28. The van der Waals surface area contributed by atoms with Crippen molar-refractivity contribution in [3.05, 3.63) is 0 Å². The zero-order valence-electron chi connectivity index (χ0n) is 8.56. The van der Waals surface area contributed by atoms with Crippen LogP contribution in [0.3, 0.4) is 0 Å². The number of amides is 1. The van der Waals surface area contributed by atoms with E-state index in [0.29, 0.717) is 0 Å². The molecule has 0 radical (unpaired) electrons. The standard InChI is InChI=1S/C7H15N3O3S2/c1-4(3-6(8)11)10-15(12,13)5(2)7(9)14/h4-5,10H,3H2,1-2H3,(H2,8,11)(H2,9,14). The molecule has 0 rings (SSSR count). The first-order valence-electron chi connectivity index (χ1n) is 4.25. The van der Waals surface area contributed by atoms with Crippen molar-refractivity contribution < 1.29 is 13.2 Å². The van der Waals surface area contributed by atoms with E-state index in [2.05, 4.69) is 16.9 Å². The van der Waals surface area contributed by atoms with Gasteiger partial charge in [-0.05, 0) is 13.8 Å². The molecule has 0 bridgehead atoms. The molecule has 6 nitrogen and oxygen atoms in total. The minimum Gasteiger partial charge on any atom is -0.392 e. The van der Waals surface area contributed by atoms with E-state index in [4.69, 9.17) is 11.5 Å². The first kappa shape index (κ1) is 14.3. The summed E-state index contributed by atoms with van der Waals surface area (Å²) in [5.41, 5.74) is 10.1. The molecule has 2 unspecified atom stereocenters. The number of nitrogens with two attached hydrogens (primary N) is 2. The van der Waals surface area contributed by atoms with Crippen molar-refractivity contribution >= 4 is 33.1 Å². The van der Waals surface area contributed by atoms with Gasteiger partial charge in [-0.25, -0.2) is 13.1 Å². The molecule has 0 heterocycles. The smallest absolute Gasteiger partial charge is 0.220 e. The second-order valence-corrected chi connectivity index (χ2v) is 5.78. The Labute approximate surface area is 94.4 Å². The highest BCUT2D eigenvalue weighted by molar-refractivity contribution is 7.93. The molecule has 0 fully saturated rings. The molecule has 0 spiro atoms. The first-order valence-corrected chi connectivity index (χ1v) is 6.21. The molecule has 8 heteroatoms. The van der Waals surface area contributed by atoms with Gasteiger partial charge in [0.05, 0.1) is 4.99 Å². The summed E-state index contributed by atoms with van der Waals surface area (Å²) < 4.78 is 25.3. The van der Waals surface area contributed by atoms with Crippen molar-refractivity contribution in [3.63, 3.8) is 0 Å². The quantitative estimate of drug-likeness (QED) is 0.517. The third kappa shape index (κ3) is 5.05. The zero-order chi connectivity index (χ0) is 12.2. The van der Waals surface area contributed by atoms with Gasteiger partial charge in [-0.3, -0.25) is 4.79 Å². The van der Waals surface area contributed by atoms with Gasteiger partial charge >= 0.3 is 0 Å². The highest BCUT2D eigenvalue weighted by atomic mass is 32.2. The first-order chi connectivity index (χ1) is 6.66. The predicted molar refractivity (Wildman–Crippen MR) is 61.6 cm³/mol. The van der Waals surface area contributed by atoms with Crippen LogP contribution in [0.5, 0.6) is 0 Å². The number of nitrogens with one attached hydrogen (secondary N) is 1. The third-order valence-electron chi connectivity index (χ3n) is 1.74. The SMILES string of the molecule is CC(CC(N)=O)NS(=O)(=O)C(C)C(N)=S. The summed E-state index contributed by atoms with van der Waals surface area (Å²) in [5.74, 6) is -0.576. The van der Waals surface area contributed by atoms with E-state index in [-0.39, 0.29) is 11.4 Å². The van der Waals surface area contributed by atoms with Gasteiger partial charge < -0.3 is 11.5 Å². The van der Waals surface area contributed by atoms with Gasteiger partial charge in [-0.2, -0.15) is 0 Å². The Bertz CT molecular complexity index is 352. The Kier molecular flexibility index (Phi) is 5.12. The number of carbonyl (C=O) groups excluding carboxylic acids is 1. The van der Waals surface area contributed by atoms with Gasteiger partial charge in [0.25, 0.3) is 0 Å². The van der Waals surface area contributed by atoms with Gasteiger partial charge in [-0.1, -0.05) is 12.2 Å². The second kappa shape index (κ2) is 5.38. The van der Waals surface area contributed by atoms with Crippen LogP contribution in [0.1, 0.15) is 20.3 Å². The van der Waals surface area contributed by atoms with Crippen molar-refractivity contribution in [2.45, 2.75) is 31.6 Å². The molecular formula is C7H15N3O3S2. The number of carbonyl (C=O) groups is 1. The van der Waals surface area contributed by atoms with Crippen LogP contribution < -0.4 is 16.2 Å². The van der Waals surface area contributed by atoms with E-state index in [1.807, 2.05) is 0 Å². The van der Waals surface area contributed by atoms with Crippen LogP contribution in [0.15, 0.2) is 0 Å². The fourth-order valence-corrected chi connectivity index (χ4v) is 2.41. The van der Waals surface area contributed by atoms with E-state index in [0.717, 1.165) is 0 Å². The number of primary amides is 1. The fraction of sp³-hybridized carbons (Fsp3) is 0.714. The molecule has 0 aliphatic heterocycles. The monoisotopic (exact) mass is 253 g/mol. The molecule has 0 aliphatic rings. The molecule has 0 aliphatic carbocycles. The highest BCUT2D eigenvalue weighted by Gasteiger charge is 2.25. The number of sulfonamides is 1. The lowest BCUT2D eigenvalue weighted by molar-refractivity contribution is -0.118. The maximum Gasteiger partial charge on any atom is 0.220 e. The van der Waals surface area contributed by atoms with Crippen LogP contribution >= 0.6 is 12.2 Å². The van der Waals surface area contributed by atoms with Gasteiger partial charge in [0.2, 0.25) is 15.9 Å². The zero-order valence-corrected chi connectivity index (χ0v) is 10.2. The average molecular weight is 253 g/mol. The summed E-state index contributed by atoms with van der Waals surface area (Å²) in [4.78, 5) is 10.4. The number of thiocarbonyl (C=S) groups is 1. The Morgan fingerprint density at radius 3 is 2.20 bits per heavy atom. The number of hydrogen-bond donors (Lipinski definition) is 3. The van der Waals surface area contributed by atoms with Crippen LogP contribution in [0, 0.1) is 0 Å². The normalized spacial score (nSPS) is 15.6. The molecule has 0 aromatic heterocycles. The molecule has 0 aromatic carbocycles. The number of hydrogen-bond acceptors (Lipinski definition) is 4. The Hall–Kier alpha value is -0.730. The lowest BCUT2D eigenvalue weighted by Crippen LogP contribution is -2.44. The van der Waals surface area contributed by atoms with Crippen molar-refractivity contribution in [3.8, 4) is 0 Å².